The Kier molecular flexibility index (Phi) is 10.5. The molecule has 0 aromatic carbocycles. The van der Waals surface area contributed by atoms with E-state index in [2.05, 4.69) is 25.7 Å². The summed E-state index contributed by atoms with van der Waals surface area (Å²) in [5.41, 5.74) is 1.32. The Morgan fingerprint density at radius 1 is 1.00 bits per heavy atom. The van der Waals surface area contributed by atoms with E-state index in [1.54, 1.807) is 0 Å². The van der Waals surface area contributed by atoms with Gasteiger partial charge in [0.1, 0.15) is 0 Å². The number of hydrogen-bond acceptors (Lipinski definition) is 1. The second kappa shape index (κ2) is 10.8. The van der Waals surface area contributed by atoms with Gasteiger partial charge in [0.2, 0.25) is 0 Å². The molecule has 0 heterocycles. The summed E-state index contributed by atoms with van der Waals surface area (Å²) in [5.74, 6) is 0. The largest absolute Gasteiger partial charge is 0.313 e. The molecule has 0 aliphatic carbocycles. The summed E-state index contributed by atoms with van der Waals surface area (Å²) in [7, 11) is 0. The minimum absolute atomic E-state index is 1.01. The van der Waals surface area contributed by atoms with Crippen LogP contribution >= 0.6 is 0 Å². The zero-order chi connectivity index (χ0) is 10.6. The van der Waals surface area contributed by atoms with Crippen molar-refractivity contribution in [2.75, 3.05) is 13.1 Å². The molecule has 1 N–H and O–H groups in total. The van der Waals surface area contributed by atoms with E-state index in [-0.39, 0.29) is 0 Å². The first-order chi connectivity index (χ1) is 6.81. The first-order valence-electron chi connectivity index (χ1n) is 6.18. The van der Waals surface area contributed by atoms with E-state index < -0.39 is 0 Å². The van der Waals surface area contributed by atoms with Gasteiger partial charge in [0.15, 0.2) is 0 Å². The SMILES string of the molecule is C=C(CC)CNCCCCCCCC. The average Bonchev–Trinajstić information content (AvgIpc) is 2.21. The molecule has 1 nitrogen and oxygen atoms in total. The number of rotatable bonds is 10. The van der Waals surface area contributed by atoms with E-state index in [9.17, 15) is 0 Å². The topological polar surface area (TPSA) is 12.0 Å². The van der Waals surface area contributed by atoms with Gasteiger partial charge in [0.25, 0.3) is 0 Å². The number of nitrogens with one attached hydrogen (secondary N) is 1. The maximum atomic E-state index is 3.97. The zero-order valence-corrected chi connectivity index (χ0v) is 10.1. The van der Waals surface area contributed by atoms with Gasteiger partial charge >= 0.3 is 0 Å². The highest BCUT2D eigenvalue weighted by molar-refractivity contribution is 4.94. The molecule has 0 unspecified atom stereocenters. The van der Waals surface area contributed by atoms with Crippen LogP contribution in [0.5, 0.6) is 0 Å². The second-order valence-electron chi connectivity index (χ2n) is 4.05. The molecular weight excluding hydrogens is 170 g/mol. The van der Waals surface area contributed by atoms with Crippen molar-refractivity contribution in [3.8, 4) is 0 Å². The molecule has 0 spiro atoms. The van der Waals surface area contributed by atoms with Crippen molar-refractivity contribution in [2.45, 2.75) is 58.8 Å². The maximum absolute atomic E-state index is 3.97. The van der Waals surface area contributed by atoms with Crippen molar-refractivity contribution in [3.05, 3.63) is 12.2 Å². The van der Waals surface area contributed by atoms with Crippen LogP contribution in [0.4, 0.5) is 0 Å². The van der Waals surface area contributed by atoms with Crippen LogP contribution in [0.3, 0.4) is 0 Å². The molecule has 1 heteroatoms. The molecule has 0 fully saturated rings. The summed E-state index contributed by atoms with van der Waals surface area (Å²) in [5, 5.41) is 3.43. The molecule has 0 atom stereocenters. The normalized spacial score (nSPS) is 10.4. The lowest BCUT2D eigenvalue weighted by Crippen LogP contribution is -2.17. The van der Waals surface area contributed by atoms with Gasteiger partial charge in [0, 0.05) is 6.54 Å². The molecule has 0 aliphatic rings. The summed E-state index contributed by atoms with van der Waals surface area (Å²) < 4.78 is 0. The molecule has 14 heavy (non-hydrogen) atoms. The smallest absolute Gasteiger partial charge is 0.0161 e. The zero-order valence-electron chi connectivity index (χ0n) is 10.1. The Hall–Kier alpha value is -0.300. The fourth-order valence-electron chi connectivity index (χ4n) is 1.42. The van der Waals surface area contributed by atoms with Crippen LogP contribution in [0.2, 0.25) is 0 Å². The summed E-state index contributed by atoms with van der Waals surface area (Å²) in [6.45, 7) is 10.6. The van der Waals surface area contributed by atoms with E-state index in [1.165, 1.54) is 44.1 Å². The number of hydrogen-bond donors (Lipinski definition) is 1. The van der Waals surface area contributed by atoms with E-state index >= 15 is 0 Å². The van der Waals surface area contributed by atoms with Gasteiger partial charge in [-0.15, -0.1) is 0 Å². The van der Waals surface area contributed by atoms with Crippen LogP contribution in [0.1, 0.15) is 58.8 Å². The first-order valence-corrected chi connectivity index (χ1v) is 6.18. The highest BCUT2D eigenvalue weighted by Crippen LogP contribution is 2.04. The molecule has 0 amide bonds. The van der Waals surface area contributed by atoms with Crippen molar-refractivity contribution >= 4 is 0 Å². The minimum atomic E-state index is 1.01. The average molecular weight is 197 g/mol. The maximum Gasteiger partial charge on any atom is 0.0161 e. The van der Waals surface area contributed by atoms with Gasteiger partial charge in [0.05, 0.1) is 0 Å². The first kappa shape index (κ1) is 13.7. The Morgan fingerprint density at radius 2 is 1.64 bits per heavy atom. The van der Waals surface area contributed by atoms with Crippen LogP contribution in [0, 0.1) is 0 Å². The van der Waals surface area contributed by atoms with Gasteiger partial charge in [-0.3, -0.25) is 0 Å². The van der Waals surface area contributed by atoms with E-state index in [4.69, 9.17) is 0 Å². The lowest BCUT2D eigenvalue weighted by atomic mass is 10.1. The standard InChI is InChI=1S/C13H27N/c1-4-6-7-8-9-10-11-14-12-13(3)5-2/h14H,3-12H2,1-2H3. The molecule has 0 rings (SSSR count). The lowest BCUT2D eigenvalue weighted by Gasteiger charge is -2.05. The Bertz CT molecular complexity index is 129. The van der Waals surface area contributed by atoms with Crippen molar-refractivity contribution in [2.24, 2.45) is 0 Å². The molecule has 0 aliphatic heterocycles. The fraction of sp³-hybridized carbons (Fsp3) is 0.846. The quantitative estimate of drug-likeness (QED) is 0.414. The van der Waals surface area contributed by atoms with E-state index in [1.807, 2.05) is 0 Å². The fourth-order valence-corrected chi connectivity index (χ4v) is 1.42. The third-order valence-electron chi connectivity index (χ3n) is 2.58. The van der Waals surface area contributed by atoms with Gasteiger partial charge in [-0.2, -0.15) is 0 Å². The third kappa shape index (κ3) is 9.79. The van der Waals surface area contributed by atoms with Crippen molar-refractivity contribution < 1.29 is 0 Å². The molecule has 0 saturated heterocycles. The summed E-state index contributed by atoms with van der Waals surface area (Å²) >= 11 is 0. The van der Waals surface area contributed by atoms with Crippen molar-refractivity contribution in [3.63, 3.8) is 0 Å². The molecular formula is C13H27N. The number of unbranched alkanes of at least 4 members (excludes halogenated alkanes) is 5. The predicted octanol–water partition coefficient (Wildman–Crippen LogP) is 3.90. The molecule has 0 bridgehead atoms. The second-order valence-corrected chi connectivity index (χ2v) is 4.05. The molecule has 0 saturated carbocycles. The predicted molar refractivity (Wildman–Crippen MR) is 65.7 cm³/mol. The van der Waals surface area contributed by atoms with Crippen molar-refractivity contribution in [1.29, 1.82) is 0 Å². The Morgan fingerprint density at radius 3 is 2.29 bits per heavy atom. The van der Waals surface area contributed by atoms with Crippen LogP contribution in [-0.2, 0) is 0 Å². The Balaban J connectivity index is 2.95. The van der Waals surface area contributed by atoms with Crippen LogP contribution < -0.4 is 5.32 Å². The van der Waals surface area contributed by atoms with Gasteiger partial charge in [-0.1, -0.05) is 58.1 Å². The van der Waals surface area contributed by atoms with E-state index in [0.29, 0.717) is 0 Å². The highest BCUT2D eigenvalue weighted by Gasteiger charge is 1.91. The van der Waals surface area contributed by atoms with Gasteiger partial charge in [-0.05, 0) is 19.4 Å². The lowest BCUT2D eigenvalue weighted by molar-refractivity contribution is 0.581. The van der Waals surface area contributed by atoms with Crippen LogP contribution in [-0.4, -0.2) is 13.1 Å². The molecule has 0 aromatic rings. The molecule has 84 valence electrons. The molecule has 0 radical (unpaired) electrons. The summed E-state index contributed by atoms with van der Waals surface area (Å²) in [6, 6.07) is 0. The van der Waals surface area contributed by atoms with Gasteiger partial charge in [-0.25, -0.2) is 0 Å². The monoisotopic (exact) mass is 197 g/mol. The minimum Gasteiger partial charge on any atom is -0.313 e. The molecule has 0 aromatic heterocycles. The van der Waals surface area contributed by atoms with Crippen molar-refractivity contribution in [1.82, 2.24) is 5.32 Å². The Labute approximate surface area is 90.0 Å². The summed E-state index contributed by atoms with van der Waals surface area (Å²) in [6.07, 6.45) is 9.37. The third-order valence-corrected chi connectivity index (χ3v) is 2.58. The van der Waals surface area contributed by atoms with Crippen LogP contribution in [0.15, 0.2) is 12.2 Å². The summed E-state index contributed by atoms with van der Waals surface area (Å²) in [4.78, 5) is 0. The van der Waals surface area contributed by atoms with Crippen LogP contribution in [0.25, 0.3) is 0 Å². The van der Waals surface area contributed by atoms with E-state index in [0.717, 1.165) is 19.5 Å². The van der Waals surface area contributed by atoms with Gasteiger partial charge < -0.3 is 5.32 Å². The highest BCUT2D eigenvalue weighted by atomic mass is 14.8.